The molecule has 3 heterocycles. The number of benzene rings is 3. The van der Waals surface area contributed by atoms with E-state index in [9.17, 15) is 4.79 Å². The topological polar surface area (TPSA) is 48.8 Å². The van der Waals surface area contributed by atoms with Gasteiger partial charge in [0.15, 0.2) is 5.17 Å². The smallest absolute Gasteiger partial charge is 0.269 e. The van der Waals surface area contributed by atoms with Crippen LogP contribution in [0.2, 0.25) is 5.02 Å². The van der Waals surface area contributed by atoms with Crippen LogP contribution >= 0.6 is 35.1 Å². The predicted molar refractivity (Wildman–Crippen MR) is 156 cm³/mol. The van der Waals surface area contributed by atoms with E-state index in [4.69, 9.17) is 16.6 Å². The van der Waals surface area contributed by atoms with E-state index >= 15 is 0 Å². The molecule has 4 aromatic rings. The van der Waals surface area contributed by atoms with E-state index in [0.29, 0.717) is 21.6 Å². The number of thioether (sulfide) groups is 2. The number of amides is 1. The zero-order chi connectivity index (χ0) is 25.4. The molecule has 0 bridgehead atoms. The Morgan fingerprint density at radius 3 is 2.65 bits per heavy atom. The van der Waals surface area contributed by atoms with Gasteiger partial charge in [-0.2, -0.15) is 0 Å². The number of aromatic nitrogens is 1. The van der Waals surface area contributed by atoms with Gasteiger partial charge in [-0.3, -0.25) is 14.7 Å². The molecule has 2 aliphatic rings. The molecule has 0 saturated carbocycles. The molecule has 0 atom stereocenters. The number of amidine groups is 1. The van der Waals surface area contributed by atoms with Crippen LogP contribution in [0.15, 0.2) is 105 Å². The number of anilines is 1. The van der Waals surface area contributed by atoms with Gasteiger partial charge >= 0.3 is 0 Å². The van der Waals surface area contributed by atoms with Gasteiger partial charge in [0.25, 0.3) is 5.91 Å². The van der Waals surface area contributed by atoms with E-state index in [-0.39, 0.29) is 5.91 Å². The van der Waals surface area contributed by atoms with Gasteiger partial charge in [0.05, 0.1) is 16.9 Å². The van der Waals surface area contributed by atoms with Gasteiger partial charge in [-0.25, -0.2) is 4.99 Å². The maximum Gasteiger partial charge on any atom is 0.269 e. The van der Waals surface area contributed by atoms with E-state index in [1.807, 2.05) is 71.6 Å². The maximum atomic E-state index is 13.9. The van der Waals surface area contributed by atoms with Crippen molar-refractivity contribution in [2.75, 3.05) is 18.0 Å². The van der Waals surface area contributed by atoms with Crippen molar-refractivity contribution in [1.82, 2.24) is 9.88 Å². The number of hydrogen-bond donors (Lipinski definition) is 0. The molecular weight excluding hydrogens is 520 g/mol. The van der Waals surface area contributed by atoms with Gasteiger partial charge in [0.1, 0.15) is 9.93 Å². The predicted octanol–water partition coefficient (Wildman–Crippen LogP) is 7.50. The van der Waals surface area contributed by atoms with Gasteiger partial charge in [0.2, 0.25) is 0 Å². The largest absolute Gasteiger partial charge is 0.334 e. The van der Waals surface area contributed by atoms with Crippen molar-refractivity contribution in [1.29, 1.82) is 0 Å². The fourth-order valence-electron chi connectivity index (χ4n) is 4.48. The summed E-state index contributed by atoms with van der Waals surface area (Å²) in [6.07, 6.45) is 2.53. The van der Waals surface area contributed by atoms with E-state index < -0.39 is 0 Å². The summed E-state index contributed by atoms with van der Waals surface area (Å²) < 4.78 is 0. The second kappa shape index (κ2) is 10.2. The Balaban J connectivity index is 1.39. The summed E-state index contributed by atoms with van der Waals surface area (Å²) in [5.41, 5.74) is 3.94. The number of halogens is 1. The summed E-state index contributed by atoms with van der Waals surface area (Å²) in [4.78, 5) is 29.1. The molecule has 2 aliphatic heterocycles. The van der Waals surface area contributed by atoms with Crippen LogP contribution in [0.1, 0.15) is 12.5 Å². The number of pyridine rings is 1. The van der Waals surface area contributed by atoms with Crippen LogP contribution in [-0.4, -0.2) is 34.0 Å². The summed E-state index contributed by atoms with van der Waals surface area (Å²) in [5.74, 6) is -0.0120. The lowest BCUT2D eigenvalue weighted by Gasteiger charge is -2.19. The lowest BCUT2D eigenvalue weighted by molar-refractivity contribution is -0.122. The molecule has 1 fully saturated rings. The maximum absolute atomic E-state index is 13.9. The first kappa shape index (κ1) is 24.1. The first-order valence-corrected chi connectivity index (χ1v) is 14.1. The van der Waals surface area contributed by atoms with Crippen LogP contribution in [0, 0.1) is 0 Å². The Kier molecular flexibility index (Phi) is 6.67. The number of fused-ring (bicyclic) bond motifs is 2. The Morgan fingerprint density at radius 1 is 0.946 bits per heavy atom. The van der Waals surface area contributed by atoms with Crippen molar-refractivity contribution in [3.8, 4) is 0 Å². The SMILES string of the molecule is CCN1C(=C2SC(=Nc3ccc4ncccc4c3)N(CCc3ccccc3)C2=O)Sc2ccc(Cl)cc21. The molecule has 0 unspecified atom stereocenters. The standard InChI is InChI=1S/C29H23ClN4OS2/c1-2-33-24-18-21(30)10-13-25(24)36-28(33)26-27(35)34(16-14-19-7-4-3-5-8-19)29(37-26)32-22-11-12-23-20(17-22)9-6-15-31-23/h3-13,15,17-18H,2,14,16H2,1H3. The van der Waals surface area contributed by atoms with Crippen molar-refractivity contribution in [2.45, 2.75) is 18.2 Å². The Labute approximate surface area is 229 Å². The van der Waals surface area contributed by atoms with E-state index in [0.717, 1.165) is 45.2 Å². The first-order chi connectivity index (χ1) is 18.1. The molecule has 8 heteroatoms. The molecule has 0 aliphatic carbocycles. The molecule has 184 valence electrons. The monoisotopic (exact) mass is 542 g/mol. The Morgan fingerprint density at radius 2 is 1.81 bits per heavy atom. The second-order valence-corrected chi connectivity index (χ2v) is 11.1. The summed E-state index contributed by atoms with van der Waals surface area (Å²) in [7, 11) is 0. The minimum Gasteiger partial charge on any atom is -0.334 e. The highest BCUT2D eigenvalue weighted by Crippen LogP contribution is 2.51. The molecule has 3 aromatic carbocycles. The number of nitrogens with zero attached hydrogens (tertiary/aromatic N) is 4. The van der Waals surface area contributed by atoms with Crippen LogP contribution in [0.5, 0.6) is 0 Å². The minimum absolute atomic E-state index is 0.0120. The number of rotatable bonds is 5. The third kappa shape index (κ3) is 4.75. The zero-order valence-corrected chi connectivity index (χ0v) is 22.5. The van der Waals surface area contributed by atoms with Crippen molar-refractivity contribution < 1.29 is 4.79 Å². The van der Waals surface area contributed by atoms with Crippen LogP contribution < -0.4 is 4.90 Å². The molecule has 1 saturated heterocycles. The molecule has 1 aromatic heterocycles. The fourth-order valence-corrected chi connectivity index (χ4v) is 7.05. The lowest BCUT2D eigenvalue weighted by Crippen LogP contribution is -2.32. The van der Waals surface area contributed by atoms with E-state index in [1.54, 1.807) is 18.0 Å². The Bertz CT molecular complexity index is 1570. The summed E-state index contributed by atoms with van der Waals surface area (Å²) in [6.45, 7) is 3.38. The molecule has 0 radical (unpaired) electrons. The average Bonchev–Trinajstić information content (AvgIpc) is 3.43. The van der Waals surface area contributed by atoms with Crippen LogP contribution in [0.3, 0.4) is 0 Å². The van der Waals surface area contributed by atoms with E-state index in [2.05, 4.69) is 28.9 Å². The van der Waals surface area contributed by atoms with Gasteiger partial charge in [-0.1, -0.05) is 59.8 Å². The third-order valence-corrected chi connectivity index (χ3v) is 8.93. The minimum atomic E-state index is -0.0120. The van der Waals surface area contributed by atoms with E-state index in [1.165, 1.54) is 17.3 Å². The molecule has 37 heavy (non-hydrogen) atoms. The van der Waals surface area contributed by atoms with Crippen molar-refractivity contribution >= 4 is 68.5 Å². The summed E-state index contributed by atoms with van der Waals surface area (Å²) in [6, 6.07) is 26.0. The van der Waals surface area contributed by atoms with Gasteiger partial charge < -0.3 is 4.90 Å². The van der Waals surface area contributed by atoms with Gasteiger partial charge in [-0.15, -0.1) is 0 Å². The molecule has 0 N–H and O–H groups in total. The van der Waals surface area contributed by atoms with Crippen molar-refractivity contribution in [3.05, 3.63) is 106 Å². The van der Waals surface area contributed by atoms with Crippen LogP contribution in [0.25, 0.3) is 10.9 Å². The molecule has 5 nitrogen and oxygen atoms in total. The summed E-state index contributed by atoms with van der Waals surface area (Å²) in [5, 5.41) is 3.33. The highest BCUT2D eigenvalue weighted by atomic mass is 35.5. The molecular formula is C29H23ClN4OS2. The number of carbonyl (C=O) groups is 1. The second-order valence-electron chi connectivity index (χ2n) is 8.66. The Hall–Kier alpha value is -3.26. The number of hydrogen-bond acceptors (Lipinski definition) is 6. The zero-order valence-electron chi connectivity index (χ0n) is 20.1. The normalized spacial score (nSPS) is 18.3. The number of aliphatic imine (C=N–C) groups is 1. The third-order valence-electron chi connectivity index (χ3n) is 6.32. The van der Waals surface area contributed by atoms with Gasteiger partial charge in [-0.05, 0) is 73.1 Å². The van der Waals surface area contributed by atoms with Crippen molar-refractivity contribution in [2.24, 2.45) is 4.99 Å². The molecule has 6 rings (SSSR count). The number of carbonyl (C=O) groups excluding carboxylic acids is 1. The quantitative estimate of drug-likeness (QED) is 0.244. The van der Waals surface area contributed by atoms with Crippen molar-refractivity contribution in [3.63, 3.8) is 0 Å². The van der Waals surface area contributed by atoms with Gasteiger partial charge in [0, 0.05) is 34.6 Å². The highest BCUT2D eigenvalue weighted by Gasteiger charge is 2.39. The molecule has 1 amide bonds. The fraction of sp³-hybridized carbons (Fsp3) is 0.138. The van der Waals surface area contributed by atoms with Crippen LogP contribution in [-0.2, 0) is 11.2 Å². The van der Waals surface area contributed by atoms with Crippen LogP contribution in [0.4, 0.5) is 11.4 Å². The molecule has 0 spiro atoms. The first-order valence-electron chi connectivity index (χ1n) is 12.1. The highest BCUT2D eigenvalue weighted by molar-refractivity contribution is 8.19. The lowest BCUT2D eigenvalue weighted by atomic mass is 10.1. The summed E-state index contributed by atoms with van der Waals surface area (Å²) >= 11 is 9.37. The average molecular weight is 543 g/mol.